The van der Waals surface area contributed by atoms with Crippen LogP contribution in [-0.2, 0) is 6.54 Å². The Hall–Kier alpha value is -3.67. The first-order chi connectivity index (χ1) is 14.5. The van der Waals surface area contributed by atoms with Crippen LogP contribution in [0.25, 0.3) is 11.3 Å². The van der Waals surface area contributed by atoms with E-state index in [9.17, 15) is 4.79 Å². The summed E-state index contributed by atoms with van der Waals surface area (Å²) in [5.74, 6) is 1.22. The first kappa shape index (κ1) is 19.6. The second-order valence-electron chi connectivity index (χ2n) is 7.66. The van der Waals surface area contributed by atoms with Crippen LogP contribution in [0.15, 0.2) is 71.5 Å². The van der Waals surface area contributed by atoms with Gasteiger partial charge in [-0.3, -0.25) is 4.79 Å². The summed E-state index contributed by atoms with van der Waals surface area (Å²) >= 11 is 0. The summed E-state index contributed by atoms with van der Waals surface area (Å²) in [6, 6.07) is 17.3. The van der Waals surface area contributed by atoms with Gasteiger partial charge in [0.15, 0.2) is 0 Å². The molecule has 0 bridgehead atoms. The highest BCUT2D eigenvalue weighted by Crippen LogP contribution is 2.21. The number of anilines is 1. The average Bonchev–Trinajstić information content (AvgIpc) is 3.39. The molecule has 0 radical (unpaired) electrons. The number of hydrogen-bond donors (Lipinski definition) is 1. The highest BCUT2D eigenvalue weighted by Gasteiger charge is 2.15. The Bertz CT molecular complexity index is 1160. The fourth-order valence-electron chi connectivity index (χ4n) is 3.33. The predicted octanol–water partition coefficient (Wildman–Crippen LogP) is 5.27. The summed E-state index contributed by atoms with van der Waals surface area (Å²) in [6.45, 7) is 6.96. The molecule has 6 heteroatoms. The molecule has 0 saturated heterocycles. The van der Waals surface area contributed by atoms with Gasteiger partial charge in [-0.25, -0.2) is 4.98 Å². The van der Waals surface area contributed by atoms with Gasteiger partial charge in [0.2, 0.25) is 5.76 Å². The SMILES string of the molecule is Cc1ccc(-c2cc(C(=O)Nc3cccc(Cn4ccnc4C(C)C)c3)on2)cc1. The number of benzene rings is 2. The van der Waals surface area contributed by atoms with Crippen LogP contribution in [0.2, 0.25) is 0 Å². The number of imidazole rings is 1. The number of carbonyl (C=O) groups is 1. The molecule has 2 aromatic carbocycles. The smallest absolute Gasteiger partial charge is 0.294 e. The van der Waals surface area contributed by atoms with Gasteiger partial charge in [0.05, 0.1) is 0 Å². The zero-order valence-corrected chi connectivity index (χ0v) is 17.3. The molecule has 1 N–H and O–H groups in total. The number of aromatic nitrogens is 3. The first-order valence-electron chi connectivity index (χ1n) is 9.94. The summed E-state index contributed by atoms with van der Waals surface area (Å²) in [4.78, 5) is 17.1. The van der Waals surface area contributed by atoms with Crippen LogP contribution < -0.4 is 5.32 Å². The van der Waals surface area contributed by atoms with Crippen LogP contribution in [-0.4, -0.2) is 20.6 Å². The normalized spacial score (nSPS) is 11.1. The topological polar surface area (TPSA) is 73.0 Å². The zero-order valence-electron chi connectivity index (χ0n) is 17.3. The lowest BCUT2D eigenvalue weighted by molar-refractivity contribution is 0.0988. The second-order valence-corrected chi connectivity index (χ2v) is 7.66. The minimum atomic E-state index is -0.330. The van der Waals surface area contributed by atoms with Crippen LogP contribution in [0, 0.1) is 6.92 Å². The van der Waals surface area contributed by atoms with Gasteiger partial charge >= 0.3 is 0 Å². The summed E-state index contributed by atoms with van der Waals surface area (Å²) in [5.41, 5.74) is 4.49. The minimum absolute atomic E-state index is 0.174. The van der Waals surface area contributed by atoms with E-state index in [2.05, 4.69) is 33.9 Å². The van der Waals surface area contributed by atoms with Crippen molar-refractivity contribution in [2.45, 2.75) is 33.2 Å². The predicted molar refractivity (Wildman–Crippen MR) is 116 cm³/mol. The molecule has 0 aliphatic carbocycles. The number of amides is 1. The lowest BCUT2D eigenvalue weighted by Crippen LogP contribution is -2.11. The van der Waals surface area contributed by atoms with Crippen molar-refractivity contribution >= 4 is 11.6 Å². The first-order valence-corrected chi connectivity index (χ1v) is 9.94. The molecule has 0 aliphatic heterocycles. The Labute approximate surface area is 175 Å². The maximum Gasteiger partial charge on any atom is 0.294 e. The van der Waals surface area contributed by atoms with Crippen molar-refractivity contribution in [2.75, 3.05) is 5.32 Å². The van der Waals surface area contributed by atoms with Gasteiger partial charge < -0.3 is 14.4 Å². The molecule has 2 heterocycles. The van der Waals surface area contributed by atoms with Gasteiger partial charge in [-0.15, -0.1) is 0 Å². The quantitative estimate of drug-likeness (QED) is 0.478. The largest absolute Gasteiger partial charge is 0.350 e. The van der Waals surface area contributed by atoms with Gasteiger partial charge in [0, 0.05) is 42.2 Å². The summed E-state index contributed by atoms with van der Waals surface area (Å²) in [6.07, 6.45) is 3.79. The molecule has 2 aromatic heterocycles. The molecular formula is C24H24N4O2. The van der Waals surface area contributed by atoms with E-state index in [0.717, 1.165) is 22.5 Å². The van der Waals surface area contributed by atoms with Crippen molar-refractivity contribution < 1.29 is 9.32 Å². The van der Waals surface area contributed by atoms with Gasteiger partial charge in [0.1, 0.15) is 11.5 Å². The monoisotopic (exact) mass is 400 g/mol. The van der Waals surface area contributed by atoms with Crippen LogP contribution in [0.3, 0.4) is 0 Å². The summed E-state index contributed by atoms with van der Waals surface area (Å²) in [5, 5.41) is 6.92. The van der Waals surface area contributed by atoms with E-state index in [-0.39, 0.29) is 11.7 Å². The zero-order chi connectivity index (χ0) is 21.1. The number of nitrogens with one attached hydrogen (secondary N) is 1. The van der Waals surface area contributed by atoms with Crippen molar-refractivity contribution in [1.82, 2.24) is 14.7 Å². The van der Waals surface area contributed by atoms with E-state index in [1.54, 1.807) is 6.07 Å². The highest BCUT2D eigenvalue weighted by atomic mass is 16.5. The van der Waals surface area contributed by atoms with Crippen LogP contribution in [0.1, 0.15) is 47.3 Å². The molecule has 0 spiro atoms. The Morgan fingerprint density at radius 1 is 1.13 bits per heavy atom. The van der Waals surface area contributed by atoms with Crippen molar-refractivity contribution in [3.05, 3.63) is 89.7 Å². The number of rotatable bonds is 6. The molecule has 0 fully saturated rings. The third-order valence-corrected chi connectivity index (χ3v) is 4.88. The number of nitrogens with zero attached hydrogens (tertiary/aromatic N) is 3. The fourth-order valence-corrected chi connectivity index (χ4v) is 3.33. The number of hydrogen-bond acceptors (Lipinski definition) is 4. The molecule has 4 aromatic rings. The van der Waals surface area contributed by atoms with E-state index < -0.39 is 0 Å². The number of aryl methyl sites for hydroxylation is 1. The third kappa shape index (κ3) is 4.33. The molecular weight excluding hydrogens is 376 g/mol. The molecule has 0 aliphatic rings. The van der Waals surface area contributed by atoms with Gasteiger partial charge in [-0.1, -0.05) is 61.0 Å². The van der Waals surface area contributed by atoms with E-state index in [1.165, 1.54) is 0 Å². The van der Waals surface area contributed by atoms with E-state index >= 15 is 0 Å². The fraction of sp³-hybridized carbons (Fsp3) is 0.208. The second kappa shape index (κ2) is 8.37. The van der Waals surface area contributed by atoms with Crippen LogP contribution in [0.5, 0.6) is 0 Å². The standard InChI is InChI=1S/C24H24N4O2/c1-16(2)23-25-11-12-28(23)15-18-5-4-6-20(13-18)26-24(29)22-14-21(27-30-22)19-9-7-17(3)8-10-19/h4-14,16H,15H2,1-3H3,(H,26,29). The number of carbonyl (C=O) groups excluding carboxylic acids is 1. The highest BCUT2D eigenvalue weighted by molar-refractivity contribution is 6.02. The maximum absolute atomic E-state index is 12.6. The Balaban J connectivity index is 1.47. The Morgan fingerprint density at radius 2 is 1.93 bits per heavy atom. The molecule has 0 saturated carbocycles. The lowest BCUT2D eigenvalue weighted by Gasteiger charge is -2.11. The molecule has 0 atom stereocenters. The van der Waals surface area contributed by atoms with Gasteiger partial charge in [-0.2, -0.15) is 0 Å². The van der Waals surface area contributed by atoms with E-state index in [0.29, 0.717) is 23.8 Å². The van der Waals surface area contributed by atoms with Crippen LogP contribution in [0.4, 0.5) is 5.69 Å². The van der Waals surface area contributed by atoms with Gasteiger partial charge in [-0.05, 0) is 24.6 Å². The van der Waals surface area contributed by atoms with Gasteiger partial charge in [0.25, 0.3) is 5.91 Å². The molecule has 1 amide bonds. The van der Waals surface area contributed by atoms with E-state index in [1.807, 2.05) is 67.8 Å². The average molecular weight is 400 g/mol. The van der Waals surface area contributed by atoms with Crippen molar-refractivity contribution in [1.29, 1.82) is 0 Å². The van der Waals surface area contributed by atoms with Crippen molar-refractivity contribution in [3.63, 3.8) is 0 Å². The molecule has 30 heavy (non-hydrogen) atoms. The third-order valence-electron chi connectivity index (χ3n) is 4.88. The van der Waals surface area contributed by atoms with Crippen LogP contribution >= 0.6 is 0 Å². The lowest BCUT2D eigenvalue weighted by atomic mass is 10.1. The minimum Gasteiger partial charge on any atom is -0.350 e. The van der Waals surface area contributed by atoms with Crippen molar-refractivity contribution in [3.8, 4) is 11.3 Å². The molecule has 152 valence electrons. The van der Waals surface area contributed by atoms with Crippen molar-refractivity contribution in [2.24, 2.45) is 0 Å². The molecule has 4 rings (SSSR count). The molecule has 0 unspecified atom stereocenters. The Morgan fingerprint density at radius 3 is 2.70 bits per heavy atom. The molecule has 6 nitrogen and oxygen atoms in total. The Kier molecular flexibility index (Phi) is 5.48. The summed E-state index contributed by atoms with van der Waals surface area (Å²) < 4.78 is 7.39. The maximum atomic E-state index is 12.6. The summed E-state index contributed by atoms with van der Waals surface area (Å²) in [7, 11) is 0. The van der Waals surface area contributed by atoms with E-state index in [4.69, 9.17) is 4.52 Å².